The molecule has 3 rings (SSSR count). The Labute approximate surface area is 199 Å². The zero-order valence-electron chi connectivity index (χ0n) is 19.3. The average Bonchev–Trinajstić information content (AvgIpc) is 3.20. The molecule has 3 aromatic rings. The van der Waals surface area contributed by atoms with Gasteiger partial charge in [0, 0.05) is 29.9 Å². The molecule has 0 aliphatic rings. The highest BCUT2D eigenvalue weighted by Crippen LogP contribution is 2.23. The van der Waals surface area contributed by atoms with E-state index >= 15 is 0 Å². The van der Waals surface area contributed by atoms with Gasteiger partial charge in [0.05, 0.1) is 5.69 Å². The van der Waals surface area contributed by atoms with Crippen molar-refractivity contribution < 1.29 is 14.3 Å². The number of aryl methyl sites for hydroxylation is 2. The average molecular weight is 469 g/mol. The number of nitrogens with zero attached hydrogens (tertiary/aromatic N) is 2. The predicted molar refractivity (Wildman–Crippen MR) is 130 cm³/mol. The van der Waals surface area contributed by atoms with Crippen LogP contribution in [0.5, 0.6) is 5.75 Å². The number of nitrogens with one attached hydrogen (secondary N) is 2. The Balaban J connectivity index is 1.72. The van der Waals surface area contributed by atoms with Crippen molar-refractivity contribution in [2.75, 3.05) is 11.9 Å². The maximum absolute atomic E-state index is 12.9. The van der Waals surface area contributed by atoms with Crippen molar-refractivity contribution >= 4 is 29.1 Å². The summed E-state index contributed by atoms with van der Waals surface area (Å²) in [4.78, 5) is 25.5. The van der Waals surface area contributed by atoms with Crippen molar-refractivity contribution in [3.8, 4) is 5.75 Å². The number of aromatic nitrogens is 2. The second-order valence-electron chi connectivity index (χ2n) is 8.20. The molecular formula is C25H29ClN4O3. The van der Waals surface area contributed by atoms with Crippen LogP contribution >= 0.6 is 11.6 Å². The Hall–Kier alpha value is -3.32. The van der Waals surface area contributed by atoms with Gasteiger partial charge in [0.1, 0.15) is 12.4 Å². The molecule has 0 bridgehead atoms. The van der Waals surface area contributed by atoms with Crippen LogP contribution in [0.1, 0.15) is 52.7 Å². The number of hydrogen-bond donors (Lipinski definition) is 2. The van der Waals surface area contributed by atoms with Crippen LogP contribution in [0.15, 0.2) is 48.7 Å². The van der Waals surface area contributed by atoms with Gasteiger partial charge >= 0.3 is 0 Å². The van der Waals surface area contributed by atoms with E-state index < -0.39 is 0 Å². The molecule has 0 saturated heterocycles. The predicted octanol–water partition coefficient (Wildman–Crippen LogP) is 5.08. The Kier molecular flexibility index (Phi) is 8.11. The van der Waals surface area contributed by atoms with E-state index in [-0.39, 0.29) is 17.5 Å². The molecule has 1 heterocycles. The third-order valence-corrected chi connectivity index (χ3v) is 5.18. The van der Waals surface area contributed by atoms with Gasteiger partial charge in [0.15, 0.2) is 5.69 Å². The van der Waals surface area contributed by atoms with E-state index in [9.17, 15) is 9.59 Å². The molecule has 0 atom stereocenters. The van der Waals surface area contributed by atoms with Gasteiger partial charge in [-0.05, 0) is 61.2 Å². The summed E-state index contributed by atoms with van der Waals surface area (Å²) in [5, 5.41) is 10.6. The van der Waals surface area contributed by atoms with Gasteiger partial charge in [-0.25, -0.2) is 0 Å². The minimum atomic E-state index is -0.326. The molecule has 2 aromatic carbocycles. The minimum absolute atomic E-state index is 0.198. The zero-order chi connectivity index (χ0) is 24.0. The summed E-state index contributed by atoms with van der Waals surface area (Å²) >= 11 is 6.00. The molecule has 8 heteroatoms. The van der Waals surface area contributed by atoms with Crippen molar-refractivity contribution in [1.29, 1.82) is 0 Å². The normalized spacial score (nSPS) is 10.8. The standard InChI is InChI=1S/C25H29ClN4O3/c1-5-30-14-21(23(29-30)25(32)27-13-16(2)3)28-24(31)19-8-6-7-18(12-19)15-33-22-10-9-20(26)11-17(22)4/h6-12,14,16H,5,13,15H2,1-4H3,(H,27,32)(H,28,31). The van der Waals surface area contributed by atoms with E-state index in [1.165, 1.54) is 0 Å². The van der Waals surface area contributed by atoms with Crippen molar-refractivity contribution in [2.24, 2.45) is 5.92 Å². The van der Waals surface area contributed by atoms with Crippen LogP contribution in [-0.2, 0) is 13.2 Å². The quantitative estimate of drug-likeness (QED) is 0.458. The van der Waals surface area contributed by atoms with Crippen LogP contribution < -0.4 is 15.4 Å². The van der Waals surface area contributed by atoms with E-state index in [2.05, 4.69) is 15.7 Å². The number of ether oxygens (including phenoxy) is 1. The maximum atomic E-state index is 12.9. The summed E-state index contributed by atoms with van der Waals surface area (Å²) in [6, 6.07) is 12.6. The van der Waals surface area contributed by atoms with Crippen LogP contribution in [0.3, 0.4) is 0 Å². The SMILES string of the molecule is CCn1cc(NC(=O)c2cccc(COc3ccc(Cl)cc3C)c2)c(C(=O)NCC(C)C)n1. The molecule has 0 saturated carbocycles. The van der Waals surface area contributed by atoms with E-state index in [1.807, 2.05) is 45.9 Å². The van der Waals surface area contributed by atoms with Crippen molar-refractivity contribution in [3.05, 3.63) is 76.1 Å². The van der Waals surface area contributed by atoms with Gasteiger partial charge in [-0.1, -0.05) is 37.6 Å². The number of rotatable bonds is 9. The molecule has 7 nitrogen and oxygen atoms in total. The van der Waals surface area contributed by atoms with E-state index in [0.29, 0.717) is 41.9 Å². The first-order valence-corrected chi connectivity index (χ1v) is 11.3. The third kappa shape index (κ3) is 6.58. The molecule has 2 amide bonds. The molecule has 174 valence electrons. The highest BCUT2D eigenvalue weighted by atomic mass is 35.5. The summed E-state index contributed by atoms with van der Waals surface area (Å²) < 4.78 is 7.51. The summed E-state index contributed by atoms with van der Waals surface area (Å²) in [7, 11) is 0. The lowest BCUT2D eigenvalue weighted by atomic mass is 10.1. The van der Waals surface area contributed by atoms with Gasteiger partial charge < -0.3 is 15.4 Å². The number of carbonyl (C=O) groups is 2. The Morgan fingerprint density at radius 1 is 1.15 bits per heavy atom. The lowest BCUT2D eigenvalue weighted by Crippen LogP contribution is -2.28. The van der Waals surface area contributed by atoms with E-state index in [0.717, 1.165) is 16.9 Å². The van der Waals surface area contributed by atoms with Crippen molar-refractivity contribution in [2.45, 2.75) is 40.8 Å². The van der Waals surface area contributed by atoms with Crippen molar-refractivity contribution in [3.63, 3.8) is 0 Å². The molecule has 0 aliphatic heterocycles. The number of amides is 2. The van der Waals surface area contributed by atoms with Crippen LogP contribution in [-0.4, -0.2) is 28.1 Å². The van der Waals surface area contributed by atoms with Crippen molar-refractivity contribution in [1.82, 2.24) is 15.1 Å². The molecule has 0 unspecified atom stereocenters. The first-order chi connectivity index (χ1) is 15.8. The molecular weight excluding hydrogens is 440 g/mol. The summed E-state index contributed by atoms with van der Waals surface area (Å²) in [6.07, 6.45) is 1.67. The smallest absolute Gasteiger partial charge is 0.273 e. The Morgan fingerprint density at radius 2 is 1.94 bits per heavy atom. The van der Waals surface area contributed by atoms with Gasteiger partial charge in [-0.3, -0.25) is 14.3 Å². The Bertz CT molecular complexity index is 1140. The minimum Gasteiger partial charge on any atom is -0.489 e. The topological polar surface area (TPSA) is 85.2 Å². The second-order valence-corrected chi connectivity index (χ2v) is 8.64. The van der Waals surface area contributed by atoms with Crippen LogP contribution in [0.2, 0.25) is 5.02 Å². The number of halogens is 1. The van der Waals surface area contributed by atoms with Gasteiger partial charge in [0.25, 0.3) is 11.8 Å². The lowest BCUT2D eigenvalue weighted by molar-refractivity contribution is 0.0944. The zero-order valence-corrected chi connectivity index (χ0v) is 20.1. The Morgan fingerprint density at radius 3 is 2.64 bits per heavy atom. The molecule has 2 N–H and O–H groups in total. The molecule has 1 aromatic heterocycles. The van der Waals surface area contributed by atoms with Gasteiger partial charge in [0.2, 0.25) is 0 Å². The number of anilines is 1. The fourth-order valence-corrected chi connectivity index (χ4v) is 3.38. The van der Waals surface area contributed by atoms with Crippen LogP contribution in [0, 0.1) is 12.8 Å². The van der Waals surface area contributed by atoms with E-state index in [4.69, 9.17) is 16.3 Å². The van der Waals surface area contributed by atoms with E-state index in [1.54, 1.807) is 35.1 Å². The van der Waals surface area contributed by atoms with Crippen LogP contribution in [0.25, 0.3) is 0 Å². The fourth-order valence-electron chi connectivity index (χ4n) is 3.16. The second kappa shape index (κ2) is 11.0. The van der Waals surface area contributed by atoms with Gasteiger partial charge in [-0.2, -0.15) is 5.10 Å². The molecule has 0 radical (unpaired) electrons. The fraction of sp³-hybridized carbons (Fsp3) is 0.320. The number of hydrogen-bond acceptors (Lipinski definition) is 4. The summed E-state index contributed by atoms with van der Waals surface area (Å²) in [6.45, 7) is 9.28. The van der Waals surface area contributed by atoms with Crippen LogP contribution in [0.4, 0.5) is 5.69 Å². The molecule has 0 aliphatic carbocycles. The molecule has 0 spiro atoms. The summed E-state index contributed by atoms with van der Waals surface area (Å²) in [5.74, 6) is 0.403. The highest BCUT2D eigenvalue weighted by molar-refractivity contribution is 6.30. The highest BCUT2D eigenvalue weighted by Gasteiger charge is 2.19. The largest absolute Gasteiger partial charge is 0.489 e. The van der Waals surface area contributed by atoms with Gasteiger partial charge in [-0.15, -0.1) is 0 Å². The first kappa shape index (κ1) is 24.3. The number of benzene rings is 2. The third-order valence-electron chi connectivity index (χ3n) is 4.94. The molecule has 33 heavy (non-hydrogen) atoms. The summed E-state index contributed by atoms with van der Waals surface area (Å²) in [5.41, 5.74) is 2.82. The maximum Gasteiger partial charge on any atom is 0.273 e. The first-order valence-electron chi connectivity index (χ1n) is 10.9. The molecule has 0 fully saturated rings. The number of carbonyl (C=O) groups excluding carboxylic acids is 2. The monoisotopic (exact) mass is 468 g/mol. The lowest BCUT2D eigenvalue weighted by Gasteiger charge is -2.11.